The van der Waals surface area contributed by atoms with E-state index in [0.29, 0.717) is 0 Å². The standard InChI is InChI=1S/C8H8N2O2/c1-3-6(2)9-8(11)7-4-5-12-10-7/h1,4-6H,2H3,(H,9,11). The van der Waals surface area contributed by atoms with Gasteiger partial charge in [0, 0.05) is 6.07 Å². The van der Waals surface area contributed by atoms with Crippen LogP contribution in [0.4, 0.5) is 0 Å². The first-order chi connectivity index (χ1) is 5.74. The molecule has 0 aliphatic heterocycles. The summed E-state index contributed by atoms with van der Waals surface area (Å²) in [4.78, 5) is 11.1. The van der Waals surface area contributed by atoms with Crippen molar-refractivity contribution in [3.8, 4) is 12.3 Å². The first-order valence-corrected chi connectivity index (χ1v) is 3.41. The van der Waals surface area contributed by atoms with Gasteiger partial charge < -0.3 is 9.84 Å². The molecule has 0 aromatic carbocycles. The normalized spacial score (nSPS) is 11.7. The zero-order valence-corrected chi connectivity index (χ0v) is 6.57. The summed E-state index contributed by atoms with van der Waals surface area (Å²) in [6.07, 6.45) is 6.39. The number of aromatic nitrogens is 1. The lowest BCUT2D eigenvalue weighted by molar-refractivity contribution is 0.0939. The number of carbonyl (C=O) groups excluding carboxylic acids is 1. The summed E-state index contributed by atoms with van der Waals surface area (Å²) in [5.41, 5.74) is 0.233. The maximum absolute atomic E-state index is 11.1. The lowest BCUT2D eigenvalue weighted by atomic mass is 10.3. The summed E-state index contributed by atoms with van der Waals surface area (Å²) in [5, 5.41) is 5.98. The first-order valence-electron chi connectivity index (χ1n) is 3.41. The molecular formula is C8H8N2O2. The van der Waals surface area contributed by atoms with Gasteiger partial charge in [-0.05, 0) is 6.92 Å². The highest BCUT2D eigenvalue weighted by molar-refractivity contribution is 5.92. The monoisotopic (exact) mass is 164 g/mol. The van der Waals surface area contributed by atoms with Crippen LogP contribution in [-0.4, -0.2) is 17.1 Å². The molecule has 0 spiro atoms. The van der Waals surface area contributed by atoms with Crippen LogP contribution >= 0.6 is 0 Å². The Hall–Kier alpha value is -1.76. The third-order valence-electron chi connectivity index (χ3n) is 1.27. The Bertz CT molecular complexity index is 297. The molecule has 0 radical (unpaired) electrons. The molecule has 4 heteroatoms. The first kappa shape index (κ1) is 8.34. The van der Waals surface area contributed by atoms with E-state index in [0.717, 1.165) is 0 Å². The van der Waals surface area contributed by atoms with Crippen LogP contribution < -0.4 is 5.32 Å². The average Bonchev–Trinajstić information content (AvgIpc) is 2.56. The van der Waals surface area contributed by atoms with Crippen LogP contribution in [0.25, 0.3) is 0 Å². The molecule has 1 amide bonds. The third kappa shape index (κ3) is 1.86. The molecule has 0 aliphatic carbocycles. The topological polar surface area (TPSA) is 55.1 Å². The van der Waals surface area contributed by atoms with Crippen LogP contribution in [0, 0.1) is 12.3 Å². The molecule has 0 bridgehead atoms. The number of rotatable bonds is 2. The number of amides is 1. The molecule has 12 heavy (non-hydrogen) atoms. The largest absolute Gasteiger partial charge is 0.364 e. The van der Waals surface area contributed by atoms with Crippen LogP contribution in [0.1, 0.15) is 17.4 Å². The predicted molar refractivity (Wildman–Crippen MR) is 42.3 cm³/mol. The highest BCUT2D eigenvalue weighted by Gasteiger charge is 2.09. The summed E-state index contributed by atoms with van der Waals surface area (Å²) < 4.78 is 4.49. The fourth-order valence-electron chi connectivity index (χ4n) is 0.642. The maximum Gasteiger partial charge on any atom is 0.274 e. The summed E-state index contributed by atoms with van der Waals surface area (Å²) in [7, 11) is 0. The van der Waals surface area contributed by atoms with E-state index < -0.39 is 0 Å². The van der Waals surface area contributed by atoms with Gasteiger partial charge in [-0.3, -0.25) is 4.79 Å². The molecule has 1 unspecified atom stereocenters. The van der Waals surface area contributed by atoms with Gasteiger partial charge in [-0.2, -0.15) is 0 Å². The van der Waals surface area contributed by atoms with Gasteiger partial charge in [-0.25, -0.2) is 0 Å². The van der Waals surface area contributed by atoms with Crippen LogP contribution in [0.2, 0.25) is 0 Å². The van der Waals surface area contributed by atoms with E-state index in [-0.39, 0.29) is 17.6 Å². The summed E-state index contributed by atoms with van der Waals surface area (Å²) >= 11 is 0. The average molecular weight is 164 g/mol. The molecular weight excluding hydrogens is 156 g/mol. The van der Waals surface area contributed by atoms with E-state index in [9.17, 15) is 4.79 Å². The van der Waals surface area contributed by atoms with Gasteiger partial charge in [0.05, 0.1) is 6.04 Å². The predicted octanol–water partition coefficient (Wildman–Crippen LogP) is 0.426. The Kier molecular flexibility index (Phi) is 2.49. The maximum atomic E-state index is 11.1. The second-order valence-corrected chi connectivity index (χ2v) is 2.25. The Morgan fingerprint density at radius 1 is 1.92 bits per heavy atom. The molecule has 1 heterocycles. The van der Waals surface area contributed by atoms with E-state index in [1.165, 1.54) is 12.3 Å². The van der Waals surface area contributed by atoms with Gasteiger partial charge in [-0.15, -0.1) is 6.42 Å². The number of carbonyl (C=O) groups is 1. The van der Waals surface area contributed by atoms with E-state index in [2.05, 4.69) is 20.9 Å². The Balaban J connectivity index is 2.57. The van der Waals surface area contributed by atoms with Crippen molar-refractivity contribution in [3.05, 3.63) is 18.0 Å². The molecule has 4 nitrogen and oxygen atoms in total. The van der Waals surface area contributed by atoms with Crippen molar-refractivity contribution in [3.63, 3.8) is 0 Å². The van der Waals surface area contributed by atoms with Gasteiger partial charge >= 0.3 is 0 Å². The van der Waals surface area contributed by atoms with Crippen molar-refractivity contribution in [2.75, 3.05) is 0 Å². The highest BCUT2D eigenvalue weighted by Crippen LogP contribution is 1.94. The Labute approximate surface area is 69.9 Å². The fraction of sp³-hybridized carbons (Fsp3) is 0.250. The molecule has 1 aromatic heterocycles. The zero-order chi connectivity index (χ0) is 8.97. The Morgan fingerprint density at radius 2 is 2.67 bits per heavy atom. The van der Waals surface area contributed by atoms with Gasteiger partial charge in [0.2, 0.25) is 0 Å². The highest BCUT2D eigenvalue weighted by atomic mass is 16.5. The van der Waals surface area contributed by atoms with Gasteiger partial charge in [-0.1, -0.05) is 11.1 Å². The molecule has 1 atom stereocenters. The van der Waals surface area contributed by atoms with Crippen LogP contribution in [0.15, 0.2) is 16.9 Å². The molecule has 1 aromatic rings. The SMILES string of the molecule is C#CC(C)NC(=O)c1ccon1. The second-order valence-electron chi connectivity index (χ2n) is 2.25. The smallest absolute Gasteiger partial charge is 0.274 e. The minimum atomic E-state index is -0.325. The zero-order valence-electron chi connectivity index (χ0n) is 6.57. The molecule has 62 valence electrons. The van der Waals surface area contributed by atoms with Gasteiger partial charge in [0.1, 0.15) is 6.26 Å². The van der Waals surface area contributed by atoms with E-state index in [1.54, 1.807) is 6.92 Å². The third-order valence-corrected chi connectivity index (χ3v) is 1.27. The minimum Gasteiger partial charge on any atom is -0.364 e. The number of terminal acetylenes is 1. The van der Waals surface area contributed by atoms with Crippen molar-refractivity contribution in [2.24, 2.45) is 0 Å². The molecule has 1 rings (SSSR count). The van der Waals surface area contributed by atoms with Crippen LogP contribution in [-0.2, 0) is 0 Å². The molecule has 0 saturated carbocycles. The van der Waals surface area contributed by atoms with E-state index in [4.69, 9.17) is 6.42 Å². The molecule has 0 fully saturated rings. The lowest BCUT2D eigenvalue weighted by Crippen LogP contribution is -2.31. The van der Waals surface area contributed by atoms with Crippen molar-refractivity contribution >= 4 is 5.91 Å². The fourth-order valence-corrected chi connectivity index (χ4v) is 0.642. The number of hydrogen-bond donors (Lipinski definition) is 1. The van der Waals surface area contributed by atoms with Crippen LogP contribution in [0.5, 0.6) is 0 Å². The Morgan fingerprint density at radius 3 is 3.17 bits per heavy atom. The van der Waals surface area contributed by atoms with Gasteiger partial charge in [0.25, 0.3) is 5.91 Å². The summed E-state index contributed by atoms with van der Waals surface area (Å²) in [6.45, 7) is 1.71. The number of nitrogens with zero attached hydrogens (tertiary/aromatic N) is 1. The van der Waals surface area contributed by atoms with E-state index in [1.807, 2.05) is 0 Å². The van der Waals surface area contributed by atoms with Crippen molar-refractivity contribution in [1.29, 1.82) is 0 Å². The number of nitrogens with one attached hydrogen (secondary N) is 1. The molecule has 0 aliphatic rings. The quantitative estimate of drug-likeness (QED) is 0.645. The second kappa shape index (κ2) is 3.58. The van der Waals surface area contributed by atoms with Crippen molar-refractivity contribution in [1.82, 2.24) is 10.5 Å². The molecule has 1 N–H and O–H groups in total. The number of hydrogen-bond acceptors (Lipinski definition) is 3. The van der Waals surface area contributed by atoms with Crippen LogP contribution in [0.3, 0.4) is 0 Å². The summed E-state index contributed by atoms with van der Waals surface area (Å²) in [5.74, 6) is 2.04. The minimum absolute atomic E-state index is 0.233. The molecule has 0 saturated heterocycles. The van der Waals surface area contributed by atoms with Gasteiger partial charge in [0.15, 0.2) is 5.69 Å². The van der Waals surface area contributed by atoms with Crippen molar-refractivity contribution in [2.45, 2.75) is 13.0 Å². The van der Waals surface area contributed by atoms with Crippen molar-refractivity contribution < 1.29 is 9.32 Å². The lowest BCUT2D eigenvalue weighted by Gasteiger charge is -2.03. The van der Waals surface area contributed by atoms with E-state index >= 15 is 0 Å². The summed E-state index contributed by atoms with van der Waals surface area (Å²) in [6, 6.07) is 1.17.